The van der Waals surface area contributed by atoms with Crippen molar-refractivity contribution in [3.05, 3.63) is 96.1 Å². The van der Waals surface area contributed by atoms with Crippen LogP contribution in [0.1, 0.15) is 16.7 Å². The Morgan fingerprint density at radius 1 is 1.14 bits per heavy atom. The van der Waals surface area contributed by atoms with Crippen molar-refractivity contribution in [2.45, 2.75) is 18.5 Å². The summed E-state index contributed by atoms with van der Waals surface area (Å²) >= 11 is 1.25. The molecular weight excluding hydrogens is 486 g/mol. The Hall–Kier alpha value is -4.37. The zero-order valence-corrected chi connectivity index (χ0v) is 21.4. The number of methoxy groups -OCH3 is 1. The van der Waals surface area contributed by atoms with Gasteiger partial charge in [-0.2, -0.15) is 5.10 Å². The smallest absolute Gasteiger partial charge is 0.250 e. The molecule has 8 nitrogen and oxygen atoms in total. The fourth-order valence-electron chi connectivity index (χ4n) is 3.59. The molecule has 2 N–H and O–H groups in total. The van der Waals surface area contributed by atoms with E-state index in [1.165, 1.54) is 18.0 Å². The molecule has 4 aromatic rings. The normalized spacial score (nSPS) is 11.0. The summed E-state index contributed by atoms with van der Waals surface area (Å²) < 4.78 is 7.19. The molecular formula is C28H27N5O3S. The average Bonchev–Trinajstić information content (AvgIpc) is 3.34. The minimum absolute atomic E-state index is 0.0758. The predicted molar refractivity (Wildman–Crippen MR) is 147 cm³/mol. The Kier molecular flexibility index (Phi) is 8.37. The molecule has 0 fully saturated rings. The second kappa shape index (κ2) is 12.0. The molecule has 37 heavy (non-hydrogen) atoms. The molecule has 0 bridgehead atoms. The lowest BCUT2D eigenvalue weighted by molar-refractivity contribution is -0.118. The van der Waals surface area contributed by atoms with Crippen LogP contribution in [0.25, 0.3) is 17.1 Å². The highest BCUT2D eigenvalue weighted by molar-refractivity contribution is 7.99. The van der Waals surface area contributed by atoms with Gasteiger partial charge in [-0.05, 0) is 61.4 Å². The van der Waals surface area contributed by atoms with Crippen LogP contribution in [0.5, 0.6) is 11.5 Å². The average molecular weight is 514 g/mol. The van der Waals surface area contributed by atoms with Crippen LogP contribution in [0, 0.1) is 6.92 Å². The molecule has 1 aromatic heterocycles. The molecule has 3 aromatic carbocycles. The summed E-state index contributed by atoms with van der Waals surface area (Å²) in [5, 5.41) is 23.7. The number of thioether (sulfide) groups is 1. The van der Waals surface area contributed by atoms with Gasteiger partial charge in [0.15, 0.2) is 11.0 Å². The number of hydrogen-bond donors (Lipinski definition) is 2. The Balaban J connectivity index is 1.50. The van der Waals surface area contributed by atoms with Crippen molar-refractivity contribution in [2.24, 2.45) is 5.10 Å². The molecule has 4 rings (SSSR count). The lowest BCUT2D eigenvalue weighted by Gasteiger charge is -2.11. The van der Waals surface area contributed by atoms with E-state index in [1.807, 2.05) is 72.2 Å². The molecule has 0 saturated heterocycles. The maximum atomic E-state index is 12.5. The monoisotopic (exact) mass is 513 g/mol. The second-order valence-corrected chi connectivity index (χ2v) is 9.08. The maximum absolute atomic E-state index is 12.5. The molecule has 9 heteroatoms. The van der Waals surface area contributed by atoms with Gasteiger partial charge in [-0.15, -0.1) is 16.8 Å². The molecule has 0 unspecified atom stereocenters. The van der Waals surface area contributed by atoms with Crippen molar-refractivity contribution in [1.29, 1.82) is 0 Å². The number of para-hydroxylation sites is 1. The van der Waals surface area contributed by atoms with Gasteiger partial charge in [0.2, 0.25) is 0 Å². The van der Waals surface area contributed by atoms with Gasteiger partial charge in [-0.3, -0.25) is 9.36 Å². The zero-order chi connectivity index (χ0) is 26.2. The van der Waals surface area contributed by atoms with Crippen molar-refractivity contribution in [3.8, 4) is 28.6 Å². The highest BCUT2D eigenvalue weighted by atomic mass is 32.2. The first-order chi connectivity index (χ1) is 18.0. The molecule has 0 aliphatic rings. The number of phenols is 1. The van der Waals surface area contributed by atoms with Gasteiger partial charge in [-0.25, -0.2) is 5.43 Å². The molecule has 188 valence electrons. The third-order valence-electron chi connectivity index (χ3n) is 5.51. The Morgan fingerprint density at radius 2 is 1.89 bits per heavy atom. The predicted octanol–water partition coefficient (Wildman–Crippen LogP) is 4.93. The van der Waals surface area contributed by atoms with Gasteiger partial charge < -0.3 is 9.84 Å². The highest BCUT2D eigenvalue weighted by Crippen LogP contribution is 2.29. The quantitative estimate of drug-likeness (QED) is 0.135. The SMILES string of the molecule is C=CCc1cccc(/C=N/NC(=O)CSc2nnc(-c3ccc(OC)cc3)n2-c2ccc(C)cc2)c1O. The molecule has 0 radical (unpaired) electrons. The summed E-state index contributed by atoms with van der Waals surface area (Å²) in [6.45, 7) is 5.72. The van der Waals surface area contributed by atoms with Crippen LogP contribution >= 0.6 is 11.8 Å². The van der Waals surface area contributed by atoms with Gasteiger partial charge >= 0.3 is 0 Å². The van der Waals surface area contributed by atoms with Gasteiger partial charge in [0.05, 0.1) is 19.1 Å². The highest BCUT2D eigenvalue weighted by Gasteiger charge is 2.17. The number of nitrogens with zero attached hydrogens (tertiary/aromatic N) is 4. The molecule has 0 aliphatic heterocycles. The fourth-order valence-corrected chi connectivity index (χ4v) is 4.33. The van der Waals surface area contributed by atoms with Crippen LogP contribution in [0.3, 0.4) is 0 Å². The number of ether oxygens (including phenoxy) is 1. The zero-order valence-electron chi connectivity index (χ0n) is 20.6. The van der Waals surface area contributed by atoms with Crippen LogP contribution in [0.2, 0.25) is 0 Å². The number of amides is 1. The molecule has 1 amide bonds. The topological polar surface area (TPSA) is 102 Å². The summed E-state index contributed by atoms with van der Waals surface area (Å²) in [7, 11) is 1.62. The van der Waals surface area contributed by atoms with E-state index in [0.717, 1.165) is 28.1 Å². The number of allylic oxidation sites excluding steroid dienone is 1. The lowest BCUT2D eigenvalue weighted by atomic mass is 10.1. The van der Waals surface area contributed by atoms with E-state index >= 15 is 0 Å². The number of carbonyl (C=O) groups is 1. The number of hydrogen-bond acceptors (Lipinski definition) is 7. The van der Waals surface area contributed by atoms with Crippen LogP contribution in [-0.2, 0) is 11.2 Å². The minimum Gasteiger partial charge on any atom is -0.507 e. The third-order valence-corrected chi connectivity index (χ3v) is 6.44. The molecule has 0 atom stereocenters. The first-order valence-corrected chi connectivity index (χ1v) is 12.5. The number of nitrogens with one attached hydrogen (secondary N) is 1. The van der Waals surface area contributed by atoms with Crippen molar-refractivity contribution >= 4 is 23.9 Å². The van der Waals surface area contributed by atoms with Crippen LogP contribution in [0.15, 0.2) is 89.6 Å². The number of aromatic nitrogens is 3. The van der Waals surface area contributed by atoms with Crippen molar-refractivity contribution in [1.82, 2.24) is 20.2 Å². The Labute approximate surface area is 219 Å². The third kappa shape index (κ3) is 6.25. The maximum Gasteiger partial charge on any atom is 0.250 e. The molecule has 0 aliphatic carbocycles. The van der Waals surface area contributed by atoms with E-state index in [9.17, 15) is 9.90 Å². The minimum atomic E-state index is -0.313. The lowest BCUT2D eigenvalue weighted by Crippen LogP contribution is -2.20. The largest absolute Gasteiger partial charge is 0.507 e. The number of rotatable bonds is 10. The number of benzene rings is 3. The molecule has 0 spiro atoms. The number of carbonyl (C=O) groups excluding carboxylic acids is 1. The Morgan fingerprint density at radius 3 is 2.59 bits per heavy atom. The van der Waals surface area contributed by atoms with Gasteiger partial charge in [0.1, 0.15) is 11.5 Å². The molecule has 1 heterocycles. The fraction of sp³-hybridized carbons (Fsp3) is 0.143. The van der Waals surface area contributed by atoms with E-state index in [2.05, 4.69) is 27.3 Å². The number of phenolic OH excluding ortho intramolecular Hbond substituents is 1. The van der Waals surface area contributed by atoms with E-state index in [4.69, 9.17) is 4.74 Å². The summed E-state index contributed by atoms with van der Waals surface area (Å²) in [6.07, 6.45) is 3.67. The Bertz CT molecular complexity index is 1410. The van der Waals surface area contributed by atoms with Crippen LogP contribution < -0.4 is 10.2 Å². The van der Waals surface area contributed by atoms with Gasteiger partial charge in [0, 0.05) is 16.8 Å². The summed E-state index contributed by atoms with van der Waals surface area (Å²) in [6, 6.07) is 20.9. The van der Waals surface area contributed by atoms with E-state index in [1.54, 1.807) is 19.3 Å². The summed E-state index contributed by atoms with van der Waals surface area (Å²) in [5.41, 5.74) is 6.64. The summed E-state index contributed by atoms with van der Waals surface area (Å²) in [5.74, 6) is 1.28. The van der Waals surface area contributed by atoms with E-state index < -0.39 is 0 Å². The van der Waals surface area contributed by atoms with Gasteiger partial charge in [-0.1, -0.05) is 47.7 Å². The van der Waals surface area contributed by atoms with Crippen molar-refractivity contribution in [2.75, 3.05) is 12.9 Å². The number of aromatic hydroxyl groups is 1. The first kappa shape index (κ1) is 25.7. The first-order valence-electron chi connectivity index (χ1n) is 11.5. The number of aryl methyl sites for hydroxylation is 1. The van der Waals surface area contributed by atoms with Crippen molar-refractivity contribution in [3.63, 3.8) is 0 Å². The second-order valence-electron chi connectivity index (χ2n) is 8.14. The molecule has 0 saturated carbocycles. The van der Waals surface area contributed by atoms with E-state index in [0.29, 0.717) is 23.0 Å². The summed E-state index contributed by atoms with van der Waals surface area (Å²) in [4.78, 5) is 12.5. The van der Waals surface area contributed by atoms with Crippen LogP contribution in [-0.4, -0.2) is 44.9 Å². The van der Waals surface area contributed by atoms with Crippen LogP contribution in [0.4, 0.5) is 0 Å². The van der Waals surface area contributed by atoms with E-state index in [-0.39, 0.29) is 17.4 Å². The standard InChI is InChI=1S/C28H27N5O3S/c1-4-6-20-7-5-8-22(26(20)35)17-29-30-25(34)18-37-28-32-31-27(21-11-15-24(36-3)16-12-21)33(28)23-13-9-19(2)10-14-23/h4-5,7-17,35H,1,6,18H2,2-3H3,(H,30,34)/b29-17+. The van der Waals surface area contributed by atoms with Gasteiger partial charge in [0.25, 0.3) is 5.91 Å². The van der Waals surface area contributed by atoms with Crippen molar-refractivity contribution < 1.29 is 14.6 Å². The number of hydrazone groups is 1.